The average molecular weight is 293 g/mol. The molecule has 0 heterocycles. The van der Waals surface area contributed by atoms with E-state index in [1.807, 2.05) is 24.3 Å². The Kier molecular flexibility index (Phi) is 5.12. The second-order valence-corrected chi connectivity index (χ2v) is 5.19. The number of halogens is 1. The van der Waals surface area contributed by atoms with Crippen molar-refractivity contribution in [3.63, 3.8) is 0 Å². The summed E-state index contributed by atoms with van der Waals surface area (Å²) in [5, 5.41) is 0. The van der Waals surface area contributed by atoms with Crippen LogP contribution >= 0.6 is 11.8 Å². The van der Waals surface area contributed by atoms with Crippen LogP contribution in [0.5, 0.6) is 11.5 Å². The van der Waals surface area contributed by atoms with Crippen molar-refractivity contribution >= 4 is 17.4 Å². The van der Waals surface area contributed by atoms with Crippen molar-refractivity contribution in [3.05, 3.63) is 48.3 Å². The van der Waals surface area contributed by atoms with Crippen molar-refractivity contribution < 1.29 is 13.9 Å². The maximum Gasteiger partial charge on any atom is 0.125 e. The highest BCUT2D eigenvalue weighted by Crippen LogP contribution is 2.25. The van der Waals surface area contributed by atoms with E-state index in [9.17, 15) is 4.39 Å². The van der Waals surface area contributed by atoms with Gasteiger partial charge in [-0.3, -0.25) is 0 Å². The fraction of sp³-hybridized carbons (Fsp3) is 0.200. The number of ether oxygens (including phenoxy) is 2. The van der Waals surface area contributed by atoms with Crippen LogP contribution in [-0.2, 0) is 0 Å². The Morgan fingerprint density at radius 3 is 2.45 bits per heavy atom. The fourth-order valence-electron chi connectivity index (χ4n) is 1.63. The molecule has 0 spiro atoms. The van der Waals surface area contributed by atoms with Crippen LogP contribution in [0.2, 0.25) is 0 Å². The zero-order chi connectivity index (χ0) is 14.4. The van der Waals surface area contributed by atoms with Gasteiger partial charge in [-0.25, -0.2) is 4.39 Å². The molecule has 20 heavy (non-hydrogen) atoms. The monoisotopic (exact) mass is 293 g/mol. The van der Waals surface area contributed by atoms with Gasteiger partial charge in [-0.1, -0.05) is 0 Å². The normalized spacial score (nSPS) is 10.3. The van der Waals surface area contributed by atoms with Crippen molar-refractivity contribution in [2.45, 2.75) is 4.90 Å². The van der Waals surface area contributed by atoms with E-state index in [4.69, 9.17) is 15.2 Å². The van der Waals surface area contributed by atoms with E-state index in [0.717, 1.165) is 22.1 Å². The summed E-state index contributed by atoms with van der Waals surface area (Å²) >= 11 is 1.54. The van der Waals surface area contributed by atoms with Gasteiger partial charge >= 0.3 is 0 Å². The number of nitrogen functional groups attached to an aromatic ring is 1. The Balaban J connectivity index is 1.78. The Labute approximate surface area is 121 Å². The van der Waals surface area contributed by atoms with Gasteiger partial charge in [-0.2, -0.15) is 0 Å². The number of benzene rings is 2. The van der Waals surface area contributed by atoms with E-state index in [-0.39, 0.29) is 5.82 Å². The maximum absolute atomic E-state index is 12.9. The van der Waals surface area contributed by atoms with Gasteiger partial charge < -0.3 is 15.2 Å². The highest BCUT2D eigenvalue weighted by atomic mass is 32.2. The quantitative estimate of drug-likeness (QED) is 0.502. The molecule has 2 N–H and O–H groups in total. The molecule has 0 aliphatic heterocycles. The molecule has 0 aliphatic rings. The first-order chi connectivity index (χ1) is 9.69. The Morgan fingerprint density at radius 1 is 1.10 bits per heavy atom. The topological polar surface area (TPSA) is 44.5 Å². The SMILES string of the molecule is COc1ccc(OCCSc2ccc(F)cc2N)cc1. The number of hydrogen-bond donors (Lipinski definition) is 1. The molecule has 2 aromatic carbocycles. The van der Waals surface area contributed by atoms with Crippen molar-refractivity contribution in [2.24, 2.45) is 0 Å². The molecular formula is C15H16FNO2S. The van der Waals surface area contributed by atoms with Gasteiger partial charge in [0.25, 0.3) is 0 Å². The predicted molar refractivity (Wildman–Crippen MR) is 80.0 cm³/mol. The van der Waals surface area contributed by atoms with E-state index < -0.39 is 0 Å². The molecule has 2 rings (SSSR count). The highest BCUT2D eigenvalue weighted by molar-refractivity contribution is 7.99. The minimum atomic E-state index is -0.318. The molecule has 2 aromatic rings. The predicted octanol–water partition coefficient (Wildman–Crippen LogP) is 3.59. The molecule has 106 valence electrons. The summed E-state index contributed by atoms with van der Waals surface area (Å²) in [6.45, 7) is 0.549. The summed E-state index contributed by atoms with van der Waals surface area (Å²) in [7, 11) is 1.62. The lowest BCUT2D eigenvalue weighted by Crippen LogP contribution is -2.00. The molecule has 0 atom stereocenters. The summed E-state index contributed by atoms with van der Waals surface area (Å²) in [5.41, 5.74) is 6.19. The van der Waals surface area contributed by atoms with E-state index in [0.29, 0.717) is 12.3 Å². The number of thioether (sulfide) groups is 1. The van der Waals surface area contributed by atoms with Gasteiger partial charge in [0.1, 0.15) is 17.3 Å². The van der Waals surface area contributed by atoms with E-state index in [1.54, 1.807) is 24.9 Å². The van der Waals surface area contributed by atoms with Crippen LogP contribution < -0.4 is 15.2 Å². The Bertz CT molecular complexity index is 560. The molecule has 0 saturated carbocycles. The second-order valence-electron chi connectivity index (χ2n) is 4.05. The summed E-state index contributed by atoms with van der Waals surface area (Å²) in [5.74, 6) is 2.01. The van der Waals surface area contributed by atoms with Crippen LogP contribution in [-0.4, -0.2) is 19.5 Å². The maximum atomic E-state index is 12.9. The molecule has 0 amide bonds. The van der Waals surface area contributed by atoms with Gasteiger partial charge in [0.15, 0.2) is 0 Å². The lowest BCUT2D eigenvalue weighted by Gasteiger charge is -2.08. The number of methoxy groups -OCH3 is 1. The molecule has 3 nitrogen and oxygen atoms in total. The van der Waals surface area contributed by atoms with Gasteiger partial charge in [-0.05, 0) is 42.5 Å². The first-order valence-electron chi connectivity index (χ1n) is 6.14. The third-order valence-corrected chi connectivity index (χ3v) is 3.69. The molecule has 5 heteroatoms. The smallest absolute Gasteiger partial charge is 0.125 e. The molecule has 0 aromatic heterocycles. The summed E-state index contributed by atoms with van der Waals surface area (Å²) in [6.07, 6.45) is 0. The van der Waals surface area contributed by atoms with Gasteiger partial charge in [0, 0.05) is 16.3 Å². The van der Waals surface area contributed by atoms with Crippen LogP contribution in [0.1, 0.15) is 0 Å². The molecule has 0 saturated heterocycles. The van der Waals surface area contributed by atoms with Crippen LogP contribution in [0.15, 0.2) is 47.4 Å². The van der Waals surface area contributed by atoms with Crippen LogP contribution in [0.25, 0.3) is 0 Å². The van der Waals surface area contributed by atoms with Crippen LogP contribution in [0.4, 0.5) is 10.1 Å². The number of hydrogen-bond acceptors (Lipinski definition) is 4. The van der Waals surface area contributed by atoms with Crippen LogP contribution in [0, 0.1) is 5.82 Å². The lowest BCUT2D eigenvalue weighted by atomic mass is 10.3. The van der Waals surface area contributed by atoms with Crippen molar-refractivity contribution in [1.29, 1.82) is 0 Å². The zero-order valence-electron chi connectivity index (χ0n) is 11.1. The van der Waals surface area contributed by atoms with Crippen molar-refractivity contribution in [3.8, 4) is 11.5 Å². The van der Waals surface area contributed by atoms with E-state index in [1.165, 1.54) is 12.1 Å². The minimum absolute atomic E-state index is 0.318. The highest BCUT2D eigenvalue weighted by Gasteiger charge is 2.02. The van der Waals surface area contributed by atoms with Gasteiger partial charge in [0.2, 0.25) is 0 Å². The van der Waals surface area contributed by atoms with Crippen LogP contribution in [0.3, 0.4) is 0 Å². The number of anilines is 1. The second kappa shape index (κ2) is 7.05. The molecular weight excluding hydrogens is 277 g/mol. The molecule has 0 radical (unpaired) electrons. The van der Waals surface area contributed by atoms with E-state index >= 15 is 0 Å². The molecule has 0 aliphatic carbocycles. The molecule has 0 bridgehead atoms. The number of nitrogens with two attached hydrogens (primary N) is 1. The molecule has 0 fully saturated rings. The minimum Gasteiger partial charge on any atom is -0.497 e. The fourth-order valence-corrected chi connectivity index (χ4v) is 2.41. The van der Waals surface area contributed by atoms with Crippen molar-refractivity contribution in [2.75, 3.05) is 25.2 Å². The lowest BCUT2D eigenvalue weighted by molar-refractivity contribution is 0.342. The Hall–Kier alpha value is -1.88. The first kappa shape index (κ1) is 14.5. The van der Waals surface area contributed by atoms with E-state index in [2.05, 4.69) is 0 Å². The van der Waals surface area contributed by atoms with Crippen molar-refractivity contribution in [1.82, 2.24) is 0 Å². The summed E-state index contributed by atoms with van der Waals surface area (Å²) in [6, 6.07) is 11.8. The largest absolute Gasteiger partial charge is 0.497 e. The third-order valence-electron chi connectivity index (χ3n) is 2.64. The average Bonchev–Trinajstić information content (AvgIpc) is 2.46. The van der Waals surface area contributed by atoms with Gasteiger partial charge in [-0.15, -0.1) is 11.8 Å². The summed E-state index contributed by atoms with van der Waals surface area (Å²) in [4.78, 5) is 0.865. The standard InChI is InChI=1S/C15H16FNO2S/c1-18-12-3-5-13(6-4-12)19-8-9-20-15-7-2-11(16)10-14(15)17/h2-7,10H,8-9,17H2,1H3. The zero-order valence-corrected chi connectivity index (χ0v) is 12.0. The first-order valence-corrected chi connectivity index (χ1v) is 7.12. The number of rotatable bonds is 6. The Morgan fingerprint density at radius 2 is 1.80 bits per heavy atom. The third kappa shape index (κ3) is 4.06. The van der Waals surface area contributed by atoms with Gasteiger partial charge in [0.05, 0.1) is 13.7 Å². The summed E-state index contributed by atoms with van der Waals surface area (Å²) < 4.78 is 23.6. The molecule has 0 unspecified atom stereocenters.